The number of hydrazone groups is 1. The Hall–Kier alpha value is -3.74. The van der Waals surface area contributed by atoms with Crippen molar-refractivity contribution in [3.05, 3.63) is 83.2 Å². The fourth-order valence-electron chi connectivity index (χ4n) is 4.16. The summed E-state index contributed by atoms with van der Waals surface area (Å²) in [5.41, 5.74) is 2.85. The topological polar surface area (TPSA) is 63.5 Å². The van der Waals surface area contributed by atoms with Gasteiger partial charge in [-0.25, -0.2) is 9.40 Å². The van der Waals surface area contributed by atoms with E-state index in [4.69, 9.17) is 19.3 Å². The second-order valence-electron chi connectivity index (χ2n) is 7.43. The van der Waals surface area contributed by atoms with Crippen LogP contribution in [0.15, 0.2) is 65.8 Å². The van der Waals surface area contributed by atoms with Crippen molar-refractivity contribution in [1.82, 2.24) is 5.01 Å². The summed E-state index contributed by atoms with van der Waals surface area (Å²) in [4.78, 5) is 0. The quantitative estimate of drug-likeness (QED) is 0.658. The zero-order valence-corrected chi connectivity index (χ0v) is 17.1. The van der Waals surface area contributed by atoms with Crippen molar-refractivity contribution in [3.63, 3.8) is 0 Å². The summed E-state index contributed by atoms with van der Waals surface area (Å²) in [6, 6.07) is 16.9. The average Bonchev–Trinajstić information content (AvgIpc) is 3.24. The average molecular weight is 420 g/mol. The minimum Gasteiger partial charge on any atom is -0.507 e. The number of methoxy groups -OCH3 is 2. The van der Waals surface area contributed by atoms with Gasteiger partial charge in [0, 0.05) is 23.1 Å². The van der Waals surface area contributed by atoms with Crippen molar-refractivity contribution in [2.24, 2.45) is 5.10 Å². The number of hydrogen-bond donors (Lipinski definition) is 1. The molecule has 158 valence electrons. The monoisotopic (exact) mass is 420 g/mol. The van der Waals surface area contributed by atoms with Crippen molar-refractivity contribution >= 4 is 5.71 Å². The van der Waals surface area contributed by atoms with Crippen LogP contribution >= 0.6 is 0 Å². The van der Waals surface area contributed by atoms with Gasteiger partial charge in [0.1, 0.15) is 17.3 Å². The molecule has 1 N–H and O–H groups in total. The molecule has 7 heteroatoms. The Labute approximate surface area is 179 Å². The van der Waals surface area contributed by atoms with Crippen LogP contribution < -0.4 is 14.2 Å². The highest BCUT2D eigenvalue weighted by molar-refractivity contribution is 6.04. The lowest BCUT2D eigenvalue weighted by Crippen LogP contribution is -2.34. The predicted octanol–water partition coefficient (Wildman–Crippen LogP) is 4.79. The van der Waals surface area contributed by atoms with Gasteiger partial charge in [-0.1, -0.05) is 24.3 Å². The first kappa shape index (κ1) is 19.2. The van der Waals surface area contributed by atoms with Gasteiger partial charge in [0.2, 0.25) is 6.23 Å². The summed E-state index contributed by atoms with van der Waals surface area (Å²) < 4.78 is 31.1. The largest absolute Gasteiger partial charge is 0.507 e. The van der Waals surface area contributed by atoms with Gasteiger partial charge in [0.15, 0.2) is 11.5 Å². The fraction of sp³-hybridized carbons (Fsp3) is 0.208. The van der Waals surface area contributed by atoms with Gasteiger partial charge in [0.05, 0.1) is 26.0 Å². The van der Waals surface area contributed by atoms with E-state index in [0.717, 1.165) is 5.56 Å². The Morgan fingerprint density at radius 2 is 1.90 bits per heavy atom. The third-order valence-corrected chi connectivity index (χ3v) is 5.65. The van der Waals surface area contributed by atoms with Crippen molar-refractivity contribution in [3.8, 4) is 23.0 Å². The van der Waals surface area contributed by atoms with Crippen molar-refractivity contribution < 1.29 is 23.7 Å². The highest BCUT2D eigenvalue weighted by Gasteiger charge is 2.42. The first-order valence-electron chi connectivity index (χ1n) is 9.91. The Balaban J connectivity index is 1.64. The maximum Gasteiger partial charge on any atom is 0.214 e. The van der Waals surface area contributed by atoms with E-state index in [0.29, 0.717) is 40.5 Å². The van der Waals surface area contributed by atoms with Crippen LogP contribution in [0.4, 0.5) is 4.39 Å². The number of para-hydroxylation sites is 1. The third kappa shape index (κ3) is 3.22. The van der Waals surface area contributed by atoms with E-state index in [1.165, 1.54) is 12.1 Å². The summed E-state index contributed by atoms with van der Waals surface area (Å²) in [6.07, 6.45) is -0.106. The Morgan fingerprint density at radius 3 is 2.68 bits per heavy atom. The number of phenolic OH excluding ortho intramolecular Hbond substituents is 1. The molecule has 0 amide bonds. The molecular formula is C24H21FN2O4. The first-order valence-corrected chi connectivity index (χ1v) is 9.91. The number of benzene rings is 3. The highest BCUT2D eigenvalue weighted by atomic mass is 19.1. The van der Waals surface area contributed by atoms with Crippen LogP contribution in [0.1, 0.15) is 35.4 Å². The van der Waals surface area contributed by atoms with Crippen LogP contribution in [0.3, 0.4) is 0 Å². The summed E-state index contributed by atoms with van der Waals surface area (Å²) in [7, 11) is 3.17. The molecule has 0 unspecified atom stereocenters. The summed E-state index contributed by atoms with van der Waals surface area (Å²) in [5.74, 6) is 1.62. The van der Waals surface area contributed by atoms with Crippen LogP contribution in [0.25, 0.3) is 0 Å². The number of hydrogen-bond acceptors (Lipinski definition) is 6. The fourth-order valence-corrected chi connectivity index (χ4v) is 4.16. The van der Waals surface area contributed by atoms with E-state index in [2.05, 4.69) is 0 Å². The lowest BCUT2D eigenvalue weighted by atomic mass is 9.95. The molecule has 2 atom stereocenters. The van der Waals surface area contributed by atoms with E-state index >= 15 is 0 Å². The van der Waals surface area contributed by atoms with Crippen LogP contribution in [0.5, 0.6) is 23.0 Å². The zero-order chi connectivity index (χ0) is 21.5. The molecule has 0 radical (unpaired) electrons. The Morgan fingerprint density at radius 1 is 1.06 bits per heavy atom. The lowest BCUT2D eigenvalue weighted by molar-refractivity contribution is -0.0210. The van der Waals surface area contributed by atoms with Gasteiger partial charge in [-0.05, 0) is 36.4 Å². The molecule has 31 heavy (non-hydrogen) atoms. The van der Waals surface area contributed by atoms with Crippen LogP contribution in [0, 0.1) is 5.82 Å². The molecule has 0 aliphatic carbocycles. The predicted molar refractivity (Wildman–Crippen MR) is 113 cm³/mol. The van der Waals surface area contributed by atoms with E-state index in [1.807, 2.05) is 29.3 Å². The van der Waals surface area contributed by atoms with Crippen molar-refractivity contribution in [1.29, 1.82) is 0 Å². The number of rotatable bonds is 4. The second-order valence-corrected chi connectivity index (χ2v) is 7.43. The smallest absolute Gasteiger partial charge is 0.214 e. The van der Waals surface area contributed by atoms with E-state index in [1.54, 1.807) is 38.5 Å². The maximum absolute atomic E-state index is 14.0. The van der Waals surface area contributed by atoms with Gasteiger partial charge >= 0.3 is 0 Å². The van der Waals surface area contributed by atoms with Gasteiger partial charge in [-0.15, -0.1) is 0 Å². The molecular weight excluding hydrogens is 399 g/mol. The van der Waals surface area contributed by atoms with Gasteiger partial charge in [-0.2, -0.15) is 5.10 Å². The molecule has 2 heterocycles. The maximum atomic E-state index is 14.0. The molecule has 5 rings (SSSR count). The Bertz CT molecular complexity index is 1180. The van der Waals surface area contributed by atoms with Gasteiger partial charge < -0.3 is 19.3 Å². The molecule has 0 fully saturated rings. The third-order valence-electron chi connectivity index (χ3n) is 5.65. The van der Waals surface area contributed by atoms with Crippen molar-refractivity contribution in [2.45, 2.75) is 18.7 Å². The molecule has 6 nitrogen and oxygen atoms in total. The molecule has 2 aliphatic heterocycles. The summed E-state index contributed by atoms with van der Waals surface area (Å²) in [5, 5.41) is 17.1. The number of ether oxygens (including phenoxy) is 3. The molecule has 0 spiro atoms. The first-order chi connectivity index (χ1) is 15.1. The van der Waals surface area contributed by atoms with Crippen LogP contribution in [-0.2, 0) is 0 Å². The number of phenols is 1. The SMILES string of the molecule is COc1ccc(O)c(C2=NN3[C@@H](c4cccc(F)c4)Oc4c(OC)cccc4[C@@H]3C2)c1. The van der Waals surface area contributed by atoms with E-state index in [9.17, 15) is 9.50 Å². The van der Waals surface area contributed by atoms with Crippen LogP contribution in [0.2, 0.25) is 0 Å². The van der Waals surface area contributed by atoms with Crippen molar-refractivity contribution in [2.75, 3.05) is 14.2 Å². The minimum atomic E-state index is -0.644. The highest BCUT2D eigenvalue weighted by Crippen LogP contribution is 2.51. The number of halogens is 1. The molecule has 3 aromatic rings. The Kier molecular flexibility index (Phi) is 4.66. The number of nitrogens with zero attached hydrogens (tertiary/aromatic N) is 2. The number of fused-ring (bicyclic) bond motifs is 3. The number of aromatic hydroxyl groups is 1. The van der Waals surface area contributed by atoms with E-state index in [-0.39, 0.29) is 17.6 Å². The minimum absolute atomic E-state index is 0.119. The standard InChI is InChI=1S/C24H21FN2O4/c1-29-16-9-10-21(28)18(12-16)19-13-20-17-7-4-8-22(30-2)23(17)31-24(27(20)26-19)14-5-3-6-15(25)11-14/h3-12,20,24,28H,13H2,1-2H3/t20-,24+/m0/s1. The summed E-state index contributed by atoms with van der Waals surface area (Å²) >= 11 is 0. The van der Waals surface area contributed by atoms with Gasteiger partial charge in [0.25, 0.3) is 0 Å². The van der Waals surface area contributed by atoms with Gasteiger partial charge in [-0.3, -0.25) is 0 Å². The summed E-state index contributed by atoms with van der Waals surface area (Å²) in [6.45, 7) is 0. The van der Waals surface area contributed by atoms with E-state index < -0.39 is 6.23 Å². The molecule has 0 saturated heterocycles. The van der Waals surface area contributed by atoms with Crippen LogP contribution in [-0.4, -0.2) is 30.0 Å². The lowest BCUT2D eigenvalue weighted by Gasteiger charge is -2.38. The molecule has 0 saturated carbocycles. The second kappa shape index (κ2) is 7.50. The molecule has 3 aromatic carbocycles. The molecule has 2 aliphatic rings. The normalized spacial score (nSPS) is 19.2. The zero-order valence-electron chi connectivity index (χ0n) is 17.1. The molecule has 0 bridgehead atoms. The molecule has 0 aromatic heterocycles.